The maximum Gasteiger partial charge on any atom is 0.251 e. The fraction of sp³-hybridized carbons (Fsp3) is 0.417. The zero-order valence-electron chi connectivity index (χ0n) is 9.64. The van der Waals surface area contributed by atoms with E-state index in [-0.39, 0.29) is 10.4 Å². The third kappa shape index (κ3) is 4.07. The van der Waals surface area contributed by atoms with Gasteiger partial charge in [0.2, 0.25) is 0 Å². The van der Waals surface area contributed by atoms with E-state index in [0.717, 1.165) is 12.1 Å². The number of nitrogens with one attached hydrogen (secondary N) is 1. The second-order valence-electron chi connectivity index (χ2n) is 4.10. The van der Waals surface area contributed by atoms with E-state index in [1.807, 2.05) is 13.8 Å². The number of benzene rings is 1. The van der Waals surface area contributed by atoms with Crippen LogP contribution in [0, 0.1) is 17.6 Å². The standard InChI is InChI=1S/C12H14BrF2NO/c1-7(2)9(13)6-16-12(17)8-3-4-10(14)11(15)5-8/h3-5,7,9H,6H2,1-2H3,(H,16,17). The molecule has 1 N–H and O–H groups in total. The number of halogens is 3. The van der Waals surface area contributed by atoms with Gasteiger partial charge in [0, 0.05) is 16.9 Å². The molecule has 0 aliphatic heterocycles. The zero-order chi connectivity index (χ0) is 13.0. The predicted octanol–water partition coefficient (Wildman–Crippen LogP) is 3.11. The first-order valence-electron chi connectivity index (χ1n) is 5.29. The maximum atomic E-state index is 12.9. The lowest BCUT2D eigenvalue weighted by atomic mass is 10.1. The van der Waals surface area contributed by atoms with Crippen molar-refractivity contribution in [3.63, 3.8) is 0 Å². The van der Waals surface area contributed by atoms with E-state index in [0.29, 0.717) is 12.5 Å². The van der Waals surface area contributed by atoms with Crippen molar-refractivity contribution >= 4 is 21.8 Å². The highest BCUT2D eigenvalue weighted by Gasteiger charge is 2.13. The Morgan fingerprint density at radius 2 is 2.00 bits per heavy atom. The maximum absolute atomic E-state index is 12.9. The fourth-order valence-corrected chi connectivity index (χ4v) is 1.33. The number of rotatable bonds is 4. The molecular weight excluding hydrogens is 292 g/mol. The highest BCUT2D eigenvalue weighted by molar-refractivity contribution is 9.09. The van der Waals surface area contributed by atoms with Crippen molar-refractivity contribution in [3.8, 4) is 0 Å². The van der Waals surface area contributed by atoms with E-state index in [1.54, 1.807) is 0 Å². The third-order valence-electron chi connectivity index (χ3n) is 2.36. The lowest BCUT2D eigenvalue weighted by Gasteiger charge is -2.14. The van der Waals surface area contributed by atoms with Crippen LogP contribution in [-0.2, 0) is 0 Å². The first kappa shape index (κ1) is 14.1. The summed E-state index contributed by atoms with van der Waals surface area (Å²) in [6, 6.07) is 3.09. The summed E-state index contributed by atoms with van der Waals surface area (Å²) >= 11 is 3.42. The van der Waals surface area contributed by atoms with Gasteiger partial charge in [-0.3, -0.25) is 4.79 Å². The van der Waals surface area contributed by atoms with Gasteiger partial charge in [-0.05, 0) is 24.1 Å². The Hall–Kier alpha value is -0.970. The van der Waals surface area contributed by atoms with Gasteiger partial charge in [0.25, 0.3) is 5.91 Å². The van der Waals surface area contributed by atoms with Crippen LogP contribution in [0.5, 0.6) is 0 Å². The van der Waals surface area contributed by atoms with Gasteiger partial charge in [0.05, 0.1) is 0 Å². The molecule has 0 bridgehead atoms. The van der Waals surface area contributed by atoms with E-state index in [1.165, 1.54) is 6.07 Å². The molecule has 0 heterocycles. The molecule has 0 aromatic heterocycles. The predicted molar refractivity (Wildman–Crippen MR) is 66.2 cm³/mol. The van der Waals surface area contributed by atoms with Crippen LogP contribution in [0.25, 0.3) is 0 Å². The summed E-state index contributed by atoms with van der Waals surface area (Å²) in [7, 11) is 0. The summed E-state index contributed by atoms with van der Waals surface area (Å²) < 4.78 is 25.6. The molecule has 1 atom stereocenters. The van der Waals surface area contributed by atoms with Crippen LogP contribution >= 0.6 is 15.9 Å². The average molecular weight is 306 g/mol. The number of carbonyl (C=O) groups is 1. The average Bonchev–Trinajstić information content (AvgIpc) is 2.28. The van der Waals surface area contributed by atoms with E-state index in [2.05, 4.69) is 21.2 Å². The molecule has 0 spiro atoms. The molecule has 2 nitrogen and oxygen atoms in total. The van der Waals surface area contributed by atoms with Gasteiger partial charge in [-0.25, -0.2) is 8.78 Å². The largest absolute Gasteiger partial charge is 0.351 e. The summed E-state index contributed by atoms with van der Waals surface area (Å²) in [4.78, 5) is 11.8. The molecule has 0 saturated carbocycles. The first-order chi connectivity index (χ1) is 7.91. The number of hydrogen-bond donors (Lipinski definition) is 1. The second-order valence-corrected chi connectivity index (χ2v) is 5.28. The SMILES string of the molecule is CC(C)C(Br)CNC(=O)c1ccc(F)c(F)c1. The Bertz CT molecular complexity index is 409. The molecule has 0 saturated heterocycles. The second kappa shape index (κ2) is 6.10. The Balaban J connectivity index is 2.61. The summed E-state index contributed by atoms with van der Waals surface area (Å²) in [6.45, 7) is 4.47. The molecule has 5 heteroatoms. The van der Waals surface area contributed by atoms with Gasteiger partial charge in [0.15, 0.2) is 11.6 Å². The molecular formula is C12H14BrF2NO. The molecule has 0 fully saturated rings. The van der Waals surface area contributed by atoms with E-state index in [4.69, 9.17) is 0 Å². The molecule has 1 aromatic rings. The Kier molecular flexibility index (Phi) is 5.05. The van der Waals surface area contributed by atoms with Crippen molar-refractivity contribution in [2.24, 2.45) is 5.92 Å². The molecule has 0 aliphatic rings. The van der Waals surface area contributed by atoms with E-state index >= 15 is 0 Å². The molecule has 1 amide bonds. The van der Waals surface area contributed by atoms with Gasteiger partial charge in [-0.1, -0.05) is 29.8 Å². The number of alkyl halides is 1. The van der Waals surface area contributed by atoms with Crippen LogP contribution in [0.1, 0.15) is 24.2 Å². The van der Waals surface area contributed by atoms with Gasteiger partial charge in [0.1, 0.15) is 0 Å². The molecule has 0 radical (unpaired) electrons. The Labute approximate surface area is 108 Å². The van der Waals surface area contributed by atoms with Gasteiger partial charge < -0.3 is 5.32 Å². The summed E-state index contributed by atoms with van der Waals surface area (Å²) in [5.41, 5.74) is 0.118. The summed E-state index contributed by atoms with van der Waals surface area (Å²) in [5.74, 6) is -2.01. The topological polar surface area (TPSA) is 29.1 Å². The quantitative estimate of drug-likeness (QED) is 0.851. The van der Waals surface area contributed by atoms with Crippen LogP contribution in [0.15, 0.2) is 18.2 Å². The van der Waals surface area contributed by atoms with Crippen LogP contribution in [0.3, 0.4) is 0 Å². The van der Waals surface area contributed by atoms with Crippen LogP contribution in [0.4, 0.5) is 8.78 Å². The molecule has 17 heavy (non-hydrogen) atoms. The molecule has 0 aliphatic carbocycles. The first-order valence-corrected chi connectivity index (χ1v) is 6.20. The van der Waals surface area contributed by atoms with Crippen molar-refractivity contribution in [2.75, 3.05) is 6.54 Å². The van der Waals surface area contributed by atoms with Crippen molar-refractivity contribution < 1.29 is 13.6 Å². The normalized spacial score (nSPS) is 12.6. The van der Waals surface area contributed by atoms with Gasteiger partial charge in [-0.15, -0.1) is 0 Å². The smallest absolute Gasteiger partial charge is 0.251 e. The van der Waals surface area contributed by atoms with Crippen LogP contribution in [-0.4, -0.2) is 17.3 Å². The van der Waals surface area contributed by atoms with E-state index in [9.17, 15) is 13.6 Å². The monoisotopic (exact) mass is 305 g/mol. The highest BCUT2D eigenvalue weighted by Crippen LogP contribution is 2.11. The van der Waals surface area contributed by atoms with Crippen molar-refractivity contribution in [1.29, 1.82) is 0 Å². The highest BCUT2D eigenvalue weighted by atomic mass is 79.9. The van der Waals surface area contributed by atoms with Crippen molar-refractivity contribution in [2.45, 2.75) is 18.7 Å². The van der Waals surface area contributed by atoms with Gasteiger partial charge >= 0.3 is 0 Å². The zero-order valence-corrected chi connectivity index (χ0v) is 11.2. The molecule has 1 unspecified atom stereocenters. The van der Waals surface area contributed by atoms with Gasteiger partial charge in [-0.2, -0.15) is 0 Å². The Morgan fingerprint density at radius 1 is 1.35 bits per heavy atom. The summed E-state index contributed by atoms with van der Waals surface area (Å²) in [6.07, 6.45) is 0. The number of hydrogen-bond acceptors (Lipinski definition) is 1. The number of carbonyl (C=O) groups excluding carboxylic acids is 1. The lowest BCUT2D eigenvalue weighted by molar-refractivity contribution is 0.0952. The van der Waals surface area contributed by atoms with Crippen LogP contribution < -0.4 is 5.32 Å². The Morgan fingerprint density at radius 3 is 2.53 bits per heavy atom. The molecule has 1 aromatic carbocycles. The van der Waals surface area contributed by atoms with Crippen molar-refractivity contribution in [1.82, 2.24) is 5.32 Å². The number of amides is 1. The van der Waals surface area contributed by atoms with E-state index < -0.39 is 17.5 Å². The summed E-state index contributed by atoms with van der Waals surface area (Å²) in [5, 5.41) is 2.65. The van der Waals surface area contributed by atoms with Crippen LogP contribution in [0.2, 0.25) is 0 Å². The minimum absolute atomic E-state index is 0.118. The lowest BCUT2D eigenvalue weighted by Crippen LogP contribution is -2.31. The third-order valence-corrected chi connectivity index (χ3v) is 3.74. The fourth-order valence-electron chi connectivity index (χ4n) is 1.17. The minimum Gasteiger partial charge on any atom is -0.351 e. The van der Waals surface area contributed by atoms with Crippen molar-refractivity contribution in [3.05, 3.63) is 35.4 Å². The molecule has 1 rings (SSSR count). The molecule has 94 valence electrons. The minimum atomic E-state index is -1.02.